The predicted molar refractivity (Wildman–Crippen MR) is 98.0 cm³/mol. The van der Waals surface area contributed by atoms with Crippen molar-refractivity contribution in [1.29, 1.82) is 0 Å². The van der Waals surface area contributed by atoms with Gasteiger partial charge in [-0.15, -0.1) is 0 Å². The van der Waals surface area contributed by atoms with E-state index in [1.807, 2.05) is 11.6 Å². The molecule has 0 spiro atoms. The van der Waals surface area contributed by atoms with E-state index in [1.54, 1.807) is 0 Å². The van der Waals surface area contributed by atoms with E-state index in [0.29, 0.717) is 18.2 Å². The van der Waals surface area contributed by atoms with Crippen LogP contribution in [0.2, 0.25) is 0 Å². The molecule has 4 rings (SSSR count). The molecule has 9 heteroatoms. The van der Waals surface area contributed by atoms with Crippen molar-refractivity contribution in [2.75, 3.05) is 30.8 Å². The quantitative estimate of drug-likeness (QED) is 0.850. The Labute approximate surface area is 153 Å². The van der Waals surface area contributed by atoms with Gasteiger partial charge in [0.1, 0.15) is 4.90 Å². The predicted octanol–water partition coefficient (Wildman–Crippen LogP) is 0.872. The molecule has 0 amide bonds. The second-order valence-electron chi connectivity index (χ2n) is 7.16. The minimum atomic E-state index is -3.36. The Morgan fingerprint density at radius 3 is 2.88 bits per heavy atom. The Morgan fingerprint density at radius 1 is 1.31 bits per heavy atom. The fourth-order valence-electron chi connectivity index (χ4n) is 3.77. The minimum absolute atomic E-state index is 0.104. The first-order valence-corrected chi connectivity index (χ1v) is 10.9. The van der Waals surface area contributed by atoms with Crippen LogP contribution in [0.1, 0.15) is 35.8 Å². The molecule has 0 saturated carbocycles. The van der Waals surface area contributed by atoms with Gasteiger partial charge in [-0.3, -0.25) is 4.68 Å². The lowest BCUT2D eigenvalue weighted by molar-refractivity contribution is 0.446. The molecule has 0 aromatic carbocycles. The van der Waals surface area contributed by atoms with Gasteiger partial charge in [-0.25, -0.2) is 18.4 Å². The van der Waals surface area contributed by atoms with Crippen molar-refractivity contribution in [3.05, 3.63) is 29.3 Å². The summed E-state index contributed by atoms with van der Waals surface area (Å²) in [6.45, 7) is 5.93. The number of piperidine rings is 1. The summed E-state index contributed by atoms with van der Waals surface area (Å²) in [4.78, 5) is 11.5. The molecule has 1 saturated heterocycles. The molecule has 2 aromatic heterocycles. The van der Waals surface area contributed by atoms with Crippen molar-refractivity contribution in [3.8, 4) is 0 Å². The van der Waals surface area contributed by atoms with Gasteiger partial charge in [0.2, 0.25) is 5.95 Å². The molecular formula is C17H24N6O2S. The summed E-state index contributed by atoms with van der Waals surface area (Å²) in [6, 6.07) is 2.07. The smallest absolute Gasteiger partial charge is 0.226 e. The molecule has 2 aromatic rings. The summed E-state index contributed by atoms with van der Waals surface area (Å²) in [7, 11) is -3.36. The molecule has 0 bridgehead atoms. The number of hydrogen-bond donors (Lipinski definition) is 1. The highest BCUT2D eigenvalue weighted by atomic mass is 32.2. The van der Waals surface area contributed by atoms with Crippen LogP contribution in [0.15, 0.2) is 17.2 Å². The third-order valence-electron chi connectivity index (χ3n) is 5.06. The van der Waals surface area contributed by atoms with Crippen molar-refractivity contribution in [2.45, 2.75) is 43.7 Å². The van der Waals surface area contributed by atoms with Gasteiger partial charge in [0.05, 0.1) is 36.4 Å². The number of fused-ring (bicyclic) bond motifs is 1. The normalized spacial score (nSPS) is 20.8. The van der Waals surface area contributed by atoms with Crippen LogP contribution in [-0.4, -0.2) is 54.1 Å². The maximum Gasteiger partial charge on any atom is 0.226 e. The van der Waals surface area contributed by atoms with E-state index in [2.05, 4.69) is 26.4 Å². The van der Waals surface area contributed by atoms with E-state index in [9.17, 15) is 8.42 Å². The van der Waals surface area contributed by atoms with Crippen molar-refractivity contribution in [2.24, 2.45) is 0 Å². The number of aromatic nitrogens is 4. The molecule has 0 radical (unpaired) electrons. The zero-order chi connectivity index (χ0) is 18.3. The SMILES string of the molecule is Cc1cc2n(n1)CCN(c1ncc(S(C)(=O)=O)c([C@@H]3CCCNC3)n1)C2. The number of hydrogen-bond acceptors (Lipinski definition) is 7. The summed E-state index contributed by atoms with van der Waals surface area (Å²) in [5.74, 6) is 0.705. The number of aryl methyl sites for hydroxylation is 1. The minimum Gasteiger partial charge on any atom is -0.333 e. The molecule has 140 valence electrons. The Morgan fingerprint density at radius 2 is 2.15 bits per heavy atom. The highest BCUT2D eigenvalue weighted by molar-refractivity contribution is 7.90. The third-order valence-corrected chi connectivity index (χ3v) is 6.17. The molecule has 0 unspecified atom stereocenters. The highest BCUT2D eigenvalue weighted by Crippen LogP contribution is 2.29. The lowest BCUT2D eigenvalue weighted by atomic mass is 9.96. The monoisotopic (exact) mass is 376 g/mol. The second-order valence-corrected chi connectivity index (χ2v) is 9.14. The van der Waals surface area contributed by atoms with E-state index in [-0.39, 0.29) is 10.8 Å². The zero-order valence-corrected chi connectivity index (χ0v) is 16.0. The van der Waals surface area contributed by atoms with Crippen LogP contribution >= 0.6 is 0 Å². The number of nitrogens with one attached hydrogen (secondary N) is 1. The van der Waals surface area contributed by atoms with E-state index in [0.717, 1.165) is 50.4 Å². The first-order chi connectivity index (χ1) is 12.4. The molecule has 2 aliphatic heterocycles. The van der Waals surface area contributed by atoms with Gasteiger partial charge in [0, 0.05) is 25.3 Å². The van der Waals surface area contributed by atoms with E-state index in [4.69, 9.17) is 4.98 Å². The Bertz CT molecular complexity index is 917. The molecule has 8 nitrogen and oxygen atoms in total. The first kappa shape index (κ1) is 17.4. The van der Waals surface area contributed by atoms with Crippen LogP contribution in [0, 0.1) is 6.92 Å². The lowest BCUT2D eigenvalue weighted by Gasteiger charge is -2.29. The van der Waals surface area contributed by atoms with E-state index >= 15 is 0 Å². The molecule has 26 heavy (non-hydrogen) atoms. The molecule has 1 atom stereocenters. The summed E-state index contributed by atoms with van der Waals surface area (Å²) in [5, 5.41) is 7.82. The van der Waals surface area contributed by atoms with Gasteiger partial charge in [-0.2, -0.15) is 5.10 Å². The van der Waals surface area contributed by atoms with Crippen molar-refractivity contribution < 1.29 is 8.42 Å². The zero-order valence-electron chi connectivity index (χ0n) is 15.1. The average Bonchev–Trinajstić information content (AvgIpc) is 3.00. The summed E-state index contributed by atoms with van der Waals surface area (Å²) in [6.07, 6.45) is 4.68. The van der Waals surface area contributed by atoms with Crippen LogP contribution < -0.4 is 10.2 Å². The maximum atomic E-state index is 12.2. The number of sulfone groups is 1. The fourth-order valence-corrected chi connectivity index (χ4v) is 4.61. The van der Waals surface area contributed by atoms with Gasteiger partial charge >= 0.3 is 0 Å². The Hall–Kier alpha value is -2.00. The van der Waals surface area contributed by atoms with Gasteiger partial charge in [-0.1, -0.05) is 0 Å². The number of anilines is 1. The molecular weight excluding hydrogens is 352 g/mol. The largest absolute Gasteiger partial charge is 0.333 e. The van der Waals surface area contributed by atoms with Crippen molar-refractivity contribution >= 4 is 15.8 Å². The lowest BCUT2D eigenvalue weighted by Crippen LogP contribution is -2.36. The molecule has 1 N–H and O–H groups in total. The third kappa shape index (κ3) is 3.33. The Kier molecular flexibility index (Phi) is 4.44. The van der Waals surface area contributed by atoms with Crippen LogP contribution in [-0.2, 0) is 22.9 Å². The Balaban J connectivity index is 1.69. The number of rotatable bonds is 3. The van der Waals surface area contributed by atoms with Gasteiger partial charge in [0.15, 0.2) is 9.84 Å². The standard InChI is InChI=1S/C17H24N6O2S/c1-12-8-14-11-22(6-7-23(14)21-12)17-19-10-15(26(2,24)25)16(20-17)13-4-3-5-18-9-13/h8,10,13,18H,3-7,9,11H2,1-2H3/t13-/m1/s1. The summed E-state index contributed by atoms with van der Waals surface area (Å²) in [5.41, 5.74) is 2.79. The summed E-state index contributed by atoms with van der Waals surface area (Å²) >= 11 is 0. The van der Waals surface area contributed by atoms with Gasteiger partial charge in [0.25, 0.3) is 0 Å². The van der Waals surface area contributed by atoms with Crippen LogP contribution in [0.5, 0.6) is 0 Å². The van der Waals surface area contributed by atoms with Gasteiger partial charge < -0.3 is 10.2 Å². The van der Waals surface area contributed by atoms with Crippen LogP contribution in [0.4, 0.5) is 5.95 Å². The fraction of sp³-hybridized carbons (Fsp3) is 0.588. The molecule has 0 aliphatic carbocycles. The van der Waals surface area contributed by atoms with E-state index < -0.39 is 9.84 Å². The molecule has 2 aliphatic rings. The van der Waals surface area contributed by atoms with Crippen molar-refractivity contribution in [3.63, 3.8) is 0 Å². The topological polar surface area (TPSA) is 93.0 Å². The first-order valence-electron chi connectivity index (χ1n) is 8.98. The van der Waals surface area contributed by atoms with Crippen LogP contribution in [0.25, 0.3) is 0 Å². The number of nitrogens with zero attached hydrogens (tertiary/aromatic N) is 5. The van der Waals surface area contributed by atoms with E-state index in [1.165, 1.54) is 12.5 Å². The van der Waals surface area contributed by atoms with Crippen molar-refractivity contribution in [1.82, 2.24) is 25.1 Å². The average molecular weight is 376 g/mol. The molecule has 1 fully saturated rings. The van der Waals surface area contributed by atoms with Crippen LogP contribution in [0.3, 0.4) is 0 Å². The summed E-state index contributed by atoms with van der Waals surface area (Å²) < 4.78 is 26.5. The maximum absolute atomic E-state index is 12.2. The highest BCUT2D eigenvalue weighted by Gasteiger charge is 2.27. The van der Waals surface area contributed by atoms with Gasteiger partial charge in [-0.05, 0) is 32.4 Å². The second kappa shape index (κ2) is 6.62. The molecule has 4 heterocycles.